The van der Waals surface area contributed by atoms with Gasteiger partial charge in [0.15, 0.2) is 6.10 Å². The Morgan fingerprint density at radius 1 is 0.971 bits per heavy atom. The molecule has 3 rings (SSSR count). The number of hydrogen-bond acceptors (Lipinski definition) is 6. The summed E-state index contributed by atoms with van der Waals surface area (Å²) in [4.78, 5) is 12.7. The average molecular weight is 505 g/mol. The SMILES string of the molecule is CCC(Oc1cccc(Cl)c1)C(=O)Nc1ccc(S(=O)(=O)Nc2cc(OC)ccc2OC)cc1. The fraction of sp³-hybridized carbons (Fsp3) is 0.208. The van der Waals surface area contributed by atoms with Crippen molar-refractivity contribution in [2.75, 3.05) is 24.3 Å². The van der Waals surface area contributed by atoms with Crippen molar-refractivity contribution in [2.45, 2.75) is 24.3 Å². The molecule has 180 valence electrons. The standard InChI is InChI=1S/C24H25ClN2O6S/c1-4-22(33-19-7-5-6-16(25)14-19)24(28)26-17-8-11-20(12-9-17)34(29,30)27-21-15-18(31-2)10-13-23(21)32-3/h5-15,22,27H,4H2,1-3H3,(H,26,28). The van der Waals surface area contributed by atoms with E-state index in [0.717, 1.165) is 0 Å². The first kappa shape index (κ1) is 25.2. The van der Waals surface area contributed by atoms with E-state index in [1.807, 2.05) is 6.92 Å². The summed E-state index contributed by atoms with van der Waals surface area (Å²) in [7, 11) is -0.994. The van der Waals surface area contributed by atoms with E-state index in [4.69, 9.17) is 25.8 Å². The molecule has 0 saturated heterocycles. The van der Waals surface area contributed by atoms with Gasteiger partial charge in [-0.1, -0.05) is 24.6 Å². The molecule has 0 fully saturated rings. The molecule has 0 spiro atoms. The molecule has 0 radical (unpaired) electrons. The Bertz CT molecular complexity index is 1250. The van der Waals surface area contributed by atoms with Gasteiger partial charge in [0.25, 0.3) is 15.9 Å². The number of benzene rings is 3. The highest BCUT2D eigenvalue weighted by atomic mass is 35.5. The Morgan fingerprint density at radius 3 is 2.32 bits per heavy atom. The summed E-state index contributed by atoms with van der Waals surface area (Å²) in [5.74, 6) is 0.938. The van der Waals surface area contributed by atoms with Gasteiger partial charge in [-0.2, -0.15) is 0 Å². The molecule has 0 aromatic heterocycles. The van der Waals surface area contributed by atoms with E-state index in [0.29, 0.717) is 34.4 Å². The van der Waals surface area contributed by atoms with E-state index in [1.165, 1.54) is 44.6 Å². The van der Waals surface area contributed by atoms with Gasteiger partial charge in [-0.3, -0.25) is 9.52 Å². The van der Waals surface area contributed by atoms with Crippen molar-refractivity contribution in [3.63, 3.8) is 0 Å². The maximum Gasteiger partial charge on any atom is 0.265 e. The zero-order valence-corrected chi connectivity index (χ0v) is 20.4. The topological polar surface area (TPSA) is 103 Å². The number of carbonyl (C=O) groups excluding carboxylic acids is 1. The van der Waals surface area contributed by atoms with Crippen LogP contribution in [0.25, 0.3) is 0 Å². The van der Waals surface area contributed by atoms with Gasteiger partial charge in [0.05, 0.1) is 24.8 Å². The Hall–Kier alpha value is -3.43. The van der Waals surface area contributed by atoms with E-state index < -0.39 is 16.1 Å². The molecule has 0 heterocycles. The summed E-state index contributed by atoms with van der Waals surface area (Å²) in [6.45, 7) is 1.82. The van der Waals surface area contributed by atoms with Crippen molar-refractivity contribution >= 4 is 38.9 Å². The lowest BCUT2D eigenvalue weighted by Gasteiger charge is -2.17. The highest BCUT2D eigenvalue weighted by molar-refractivity contribution is 7.92. The highest BCUT2D eigenvalue weighted by Crippen LogP contribution is 2.31. The van der Waals surface area contributed by atoms with Crippen molar-refractivity contribution in [1.29, 1.82) is 0 Å². The van der Waals surface area contributed by atoms with Crippen molar-refractivity contribution in [3.05, 3.63) is 71.8 Å². The van der Waals surface area contributed by atoms with Crippen LogP contribution in [0.3, 0.4) is 0 Å². The molecular weight excluding hydrogens is 480 g/mol. The van der Waals surface area contributed by atoms with E-state index in [2.05, 4.69) is 10.0 Å². The number of carbonyl (C=O) groups is 1. The van der Waals surface area contributed by atoms with Crippen LogP contribution in [-0.2, 0) is 14.8 Å². The van der Waals surface area contributed by atoms with Gasteiger partial charge >= 0.3 is 0 Å². The van der Waals surface area contributed by atoms with Gasteiger partial charge in [0.2, 0.25) is 0 Å². The van der Waals surface area contributed by atoms with E-state index in [9.17, 15) is 13.2 Å². The molecule has 3 aromatic rings. The fourth-order valence-electron chi connectivity index (χ4n) is 3.06. The molecule has 10 heteroatoms. The first-order chi connectivity index (χ1) is 16.2. The summed E-state index contributed by atoms with van der Waals surface area (Å²) < 4.78 is 44.3. The molecule has 2 N–H and O–H groups in total. The number of halogens is 1. The minimum Gasteiger partial charge on any atom is -0.497 e. The molecule has 34 heavy (non-hydrogen) atoms. The van der Waals surface area contributed by atoms with Gasteiger partial charge in [-0.15, -0.1) is 0 Å². The zero-order chi connectivity index (χ0) is 24.7. The number of nitrogens with one attached hydrogen (secondary N) is 2. The van der Waals surface area contributed by atoms with Crippen LogP contribution in [0.15, 0.2) is 71.6 Å². The fourth-order valence-corrected chi connectivity index (χ4v) is 4.31. The Balaban J connectivity index is 1.71. The van der Waals surface area contributed by atoms with Crippen molar-refractivity contribution < 1.29 is 27.4 Å². The Morgan fingerprint density at radius 2 is 1.71 bits per heavy atom. The maximum absolute atomic E-state index is 12.9. The monoisotopic (exact) mass is 504 g/mol. The zero-order valence-electron chi connectivity index (χ0n) is 18.9. The maximum atomic E-state index is 12.9. The van der Waals surface area contributed by atoms with Gasteiger partial charge in [-0.25, -0.2) is 8.42 Å². The molecule has 1 atom stereocenters. The largest absolute Gasteiger partial charge is 0.497 e. The van der Waals surface area contributed by atoms with E-state index >= 15 is 0 Å². The normalized spacial score (nSPS) is 11.9. The van der Waals surface area contributed by atoms with Gasteiger partial charge in [-0.05, 0) is 61.0 Å². The molecule has 0 saturated carbocycles. The molecule has 8 nitrogen and oxygen atoms in total. The minimum absolute atomic E-state index is 0.0117. The third-order valence-corrected chi connectivity index (χ3v) is 6.44. The van der Waals surface area contributed by atoms with Crippen LogP contribution in [0, 0.1) is 0 Å². The molecule has 1 unspecified atom stereocenters. The Labute approximate surface area is 203 Å². The van der Waals surface area contributed by atoms with Crippen LogP contribution in [0.4, 0.5) is 11.4 Å². The number of methoxy groups -OCH3 is 2. The molecule has 3 aromatic carbocycles. The number of anilines is 2. The first-order valence-electron chi connectivity index (χ1n) is 10.3. The summed E-state index contributed by atoms with van der Waals surface area (Å²) >= 11 is 5.97. The van der Waals surface area contributed by atoms with Crippen molar-refractivity contribution in [1.82, 2.24) is 0 Å². The Kier molecular flexibility index (Phi) is 8.25. The predicted molar refractivity (Wildman–Crippen MR) is 132 cm³/mol. The third kappa shape index (κ3) is 6.33. The quantitative estimate of drug-likeness (QED) is 0.405. The van der Waals surface area contributed by atoms with Crippen molar-refractivity contribution in [3.8, 4) is 17.2 Å². The number of ether oxygens (including phenoxy) is 3. The molecular formula is C24H25ClN2O6S. The van der Waals surface area contributed by atoms with Crippen molar-refractivity contribution in [2.24, 2.45) is 0 Å². The summed E-state index contributed by atoms with van der Waals surface area (Å²) in [6, 6.07) is 17.4. The number of sulfonamides is 1. The lowest BCUT2D eigenvalue weighted by molar-refractivity contribution is -0.122. The van der Waals surface area contributed by atoms with Gasteiger partial charge in [0.1, 0.15) is 17.2 Å². The van der Waals surface area contributed by atoms with Crippen LogP contribution in [0.2, 0.25) is 5.02 Å². The minimum atomic E-state index is -3.92. The molecule has 0 aliphatic rings. The van der Waals surface area contributed by atoms with Crippen LogP contribution in [0.5, 0.6) is 17.2 Å². The molecule has 1 amide bonds. The van der Waals surface area contributed by atoms with E-state index in [1.54, 1.807) is 36.4 Å². The van der Waals surface area contributed by atoms with Crippen LogP contribution >= 0.6 is 11.6 Å². The lowest BCUT2D eigenvalue weighted by atomic mass is 10.2. The summed E-state index contributed by atoms with van der Waals surface area (Å²) in [6.07, 6.45) is -0.319. The molecule has 0 bridgehead atoms. The second-order valence-corrected chi connectivity index (χ2v) is 9.28. The molecule has 0 aliphatic heterocycles. The average Bonchev–Trinajstić information content (AvgIpc) is 2.82. The third-order valence-electron chi connectivity index (χ3n) is 4.82. The highest BCUT2D eigenvalue weighted by Gasteiger charge is 2.20. The summed E-state index contributed by atoms with van der Waals surface area (Å²) in [5.41, 5.74) is 0.666. The smallest absolute Gasteiger partial charge is 0.265 e. The van der Waals surface area contributed by atoms with Crippen LogP contribution < -0.4 is 24.2 Å². The first-order valence-corrected chi connectivity index (χ1v) is 12.2. The van der Waals surface area contributed by atoms with E-state index in [-0.39, 0.29) is 16.5 Å². The number of amides is 1. The number of hydrogen-bond donors (Lipinski definition) is 2. The van der Waals surface area contributed by atoms with Crippen LogP contribution in [-0.4, -0.2) is 34.6 Å². The van der Waals surface area contributed by atoms with Crippen LogP contribution in [0.1, 0.15) is 13.3 Å². The van der Waals surface area contributed by atoms with Gasteiger partial charge < -0.3 is 19.5 Å². The lowest BCUT2D eigenvalue weighted by Crippen LogP contribution is -2.32. The van der Waals surface area contributed by atoms with Gasteiger partial charge in [0, 0.05) is 16.8 Å². The second kappa shape index (κ2) is 11.1. The summed E-state index contributed by atoms with van der Waals surface area (Å²) in [5, 5.41) is 3.25. The predicted octanol–water partition coefficient (Wildman–Crippen LogP) is 4.95. The number of rotatable bonds is 10. The second-order valence-electron chi connectivity index (χ2n) is 7.16. The molecule has 0 aliphatic carbocycles.